The normalized spacial score (nSPS) is 12.3. The van der Waals surface area contributed by atoms with Crippen molar-refractivity contribution < 1.29 is 13.3 Å². The van der Waals surface area contributed by atoms with Gasteiger partial charge in [-0.2, -0.15) is 4.31 Å². The van der Waals surface area contributed by atoms with E-state index in [0.717, 1.165) is 6.07 Å². The minimum Gasteiger partial charge on any atom is -0.314 e. The molecule has 1 N–H and O–H groups in total. The van der Waals surface area contributed by atoms with Crippen LogP contribution in [-0.2, 0) is 10.0 Å². The number of nitro benzene ring substituents is 1. The number of non-ortho nitro benzene ring substituents is 1. The van der Waals surface area contributed by atoms with E-state index >= 15 is 0 Å². The van der Waals surface area contributed by atoms with Crippen LogP contribution >= 0.6 is 0 Å². The molecule has 0 saturated carbocycles. The molecule has 0 spiro atoms. The van der Waals surface area contributed by atoms with Gasteiger partial charge in [0, 0.05) is 30.8 Å². The zero-order chi connectivity index (χ0) is 17.6. The molecule has 0 saturated heterocycles. The van der Waals surface area contributed by atoms with Gasteiger partial charge in [0.1, 0.15) is 0 Å². The highest BCUT2D eigenvalue weighted by atomic mass is 32.2. The van der Waals surface area contributed by atoms with Gasteiger partial charge in [-0.1, -0.05) is 19.9 Å². The third-order valence-corrected chi connectivity index (χ3v) is 5.39. The first-order valence-corrected chi connectivity index (χ1v) is 9.10. The molecule has 0 heterocycles. The van der Waals surface area contributed by atoms with Gasteiger partial charge in [-0.15, -0.1) is 0 Å². The van der Waals surface area contributed by atoms with Crippen LogP contribution in [0.2, 0.25) is 0 Å². The fraction of sp³-hybridized carbons (Fsp3) is 0.600. The zero-order valence-corrected chi connectivity index (χ0v) is 14.8. The van der Waals surface area contributed by atoms with Gasteiger partial charge < -0.3 is 5.32 Å². The Morgan fingerprint density at radius 3 is 2.43 bits per heavy atom. The van der Waals surface area contributed by atoms with E-state index in [4.69, 9.17) is 0 Å². The molecule has 23 heavy (non-hydrogen) atoms. The number of nitro groups is 1. The molecule has 1 aromatic rings. The summed E-state index contributed by atoms with van der Waals surface area (Å²) in [5.74, 6) is 0. The molecule has 0 unspecified atom stereocenters. The molecule has 0 fully saturated rings. The van der Waals surface area contributed by atoms with Crippen LogP contribution in [0, 0.1) is 10.1 Å². The smallest absolute Gasteiger partial charge is 0.270 e. The Morgan fingerprint density at radius 1 is 1.26 bits per heavy atom. The Hall–Kier alpha value is -1.51. The summed E-state index contributed by atoms with van der Waals surface area (Å²) in [6.07, 6.45) is 0.671. The van der Waals surface area contributed by atoms with E-state index in [1.165, 1.54) is 22.5 Å². The average molecular weight is 343 g/mol. The summed E-state index contributed by atoms with van der Waals surface area (Å²) in [5.41, 5.74) is -0.226. The van der Waals surface area contributed by atoms with Gasteiger partial charge in [0.2, 0.25) is 10.0 Å². The number of hydrogen-bond acceptors (Lipinski definition) is 5. The summed E-state index contributed by atoms with van der Waals surface area (Å²) in [7, 11) is -3.76. The van der Waals surface area contributed by atoms with Crippen LogP contribution in [0.4, 0.5) is 5.69 Å². The lowest BCUT2D eigenvalue weighted by atomic mass is 10.3. The number of nitrogens with one attached hydrogen (secondary N) is 1. The van der Waals surface area contributed by atoms with Crippen molar-refractivity contribution in [1.82, 2.24) is 9.62 Å². The van der Waals surface area contributed by atoms with E-state index in [1.54, 1.807) is 13.8 Å². The van der Waals surface area contributed by atoms with Crippen LogP contribution in [0.15, 0.2) is 29.2 Å². The van der Waals surface area contributed by atoms with E-state index in [2.05, 4.69) is 5.32 Å². The molecule has 0 aromatic heterocycles. The number of sulfonamides is 1. The van der Waals surface area contributed by atoms with Gasteiger partial charge in [0.15, 0.2) is 0 Å². The Kier molecular flexibility index (Phi) is 7.11. The highest BCUT2D eigenvalue weighted by Gasteiger charge is 2.27. The highest BCUT2D eigenvalue weighted by molar-refractivity contribution is 7.89. The summed E-state index contributed by atoms with van der Waals surface area (Å²) in [5, 5.41) is 14.1. The van der Waals surface area contributed by atoms with Crippen molar-refractivity contribution in [2.24, 2.45) is 0 Å². The Labute approximate surface area is 137 Å². The molecule has 0 aliphatic carbocycles. The van der Waals surface area contributed by atoms with Gasteiger partial charge in [0.05, 0.1) is 9.82 Å². The van der Waals surface area contributed by atoms with E-state index in [-0.39, 0.29) is 16.6 Å². The molecular formula is C15H25N3O4S. The maximum Gasteiger partial charge on any atom is 0.270 e. The second-order valence-electron chi connectivity index (χ2n) is 5.93. The number of hydrogen-bond donors (Lipinski definition) is 1. The fourth-order valence-electron chi connectivity index (χ4n) is 2.17. The molecule has 0 amide bonds. The molecule has 0 bridgehead atoms. The Bertz CT molecular complexity index is 629. The summed E-state index contributed by atoms with van der Waals surface area (Å²) < 4.78 is 26.9. The molecule has 0 atom stereocenters. The predicted octanol–water partition coefficient (Wildman–Crippen LogP) is 2.38. The van der Waals surface area contributed by atoms with Crippen LogP contribution < -0.4 is 5.32 Å². The van der Waals surface area contributed by atoms with Crippen molar-refractivity contribution in [3.05, 3.63) is 34.4 Å². The average Bonchev–Trinajstić information content (AvgIpc) is 2.46. The molecular weight excluding hydrogens is 318 g/mol. The summed E-state index contributed by atoms with van der Waals surface area (Å²) in [4.78, 5) is 10.2. The zero-order valence-electron chi connectivity index (χ0n) is 14.0. The van der Waals surface area contributed by atoms with Crippen molar-refractivity contribution >= 4 is 15.7 Å². The van der Waals surface area contributed by atoms with Gasteiger partial charge in [-0.25, -0.2) is 8.42 Å². The van der Waals surface area contributed by atoms with Gasteiger partial charge >= 0.3 is 0 Å². The third-order valence-electron chi connectivity index (χ3n) is 3.32. The summed E-state index contributed by atoms with van der Waals surface area (Å²) >= 11 is 0. The van der Waals surface area contributed by atoms with Crippen molar-refractivity contribution in [1.29, 1.82) is 0 Å². The number of nitrogens with zero attached hydrogens (tertiary/aromatic N) is 2. The Morgan fingerprint density at radius 2 is 1.91 bits per heavy atom. The molecule has 130 valence electrons. The van der Waals surface area contributed by atoms with E-state index in [9.17, 15) is 18.5 Å². The first-order chi connectivity index (χ1) is 10.7. The molecule has 7 nitrogen and oxygen atoms in total. The van der Waals surface area contributed by atoms with Crippen LogP contribution in [0.5, 0.6) is 0 Å². The summed E-state index contributed by atoms with van der Waals surface area (Å²) in [6, 6.07) is 5.30. The second kappa shape index (κ2) is 8.37. The number of benzene rings is 1. The van der Waals surface area contributed by atoms with Gasteiger partial charge in [-0.05, 0) is 32.9 Å². The van der Waals surface area contributed by atoms with E-state index in [0.29, 0.717) is 25.6 Å². The minimum atomic E-state index is -3.76. The molecule has 0 aliphatic rings. The summed E-state index contributed by atoms with van der Waals surface area (Å²) in [6.45, 7) is 8.73. The van der Waals surface area contributed by atoms with Crippen LogP contribution in [-0.4, -0.2) is 42.8 Å². The number of rotatable bonds is 9. The van der Waals surface area contributed by atoms with Crippen LogP contribution in [0.1, 0.15) is 34.1 Å². The standard InChI is InChI=1S/C15H25N3O4S/c1-12(2)16-9-6-10-17(13(3)4)23(21,22)15-8-5-7-14(11-15)18(19)20/h5,7-8,11-13,16H,6,9-10H2,1-4H3. The van der Waals surface area contributed by atoms with Crippen LogP contribution in [0.25, 0.3) is 0 Å². The lowest BCUT2D eigenvalue weighted by Crippen LogP contribution is -2.39. The maximum atomic E-state index is 12.8. The van der Waals surface area contributed by atoms with E-state index in [1.807, 2.05) is 13.8 Å². The molecule has 1 aromatic carbocycles. The molecule has 0 radical (unpaired) electrons. The third kappa shape index (κ3) is 5.56. The van der Waals surface area contributed by atoms with E-state index < -0.39 is 14.9 Å². The van der Waals surface area contributed by atoms with Gasteiger partial charge in [-0.3, -0.25) is 10.1 Å². The Balaban J connectivity index is 2.96. The van der Waals surface area contributed by atoms with Crippen molar-refractivity contribution in [3.8, 4) is 0 Å². The SMILES string of the molecule is CC(C)NCCCN(C(C)C)S(=O)(=O)c1cccc([N+](=O)[O-])c1. The quantitative estimate of drug-likeness (QED) is 0.422. The maximum absolute atomic E-state index is 12.8. The second-order valence-corrected chi connectivity index (χ2v) is 7.82. The van der Waals surface area contributed by atoms with Crippen LogP contribution in [0.3, 0.4) is 0 Å². The topological polar surface area (TPSA) is 92.6 Å². The van der Waals surface area contributed by atoms with Gasteiger partial charge in [0.25, 0.3) is 5.69 Å². The largest absolute Gasteiger partial charge is 0.314 e. The van der Waals surface area contributed by atoms with Crippen molar-refractivity contribution in [3.63, 3.8) is 0 Å². The predicted molar refractivity (Wildman–Crippen MR) is 89.9 cm³/mol. The molecule has 0 aliphatic heterocycles. The van der Waals surface area contributed by atoms with Crippen molar-refractivity contribution in [2.75, 3.05) is 13.1 Å². The first kappa shape index (κ1) is 19.5. The lowest BCUT2D eigenvalue weighted by Gasteiger charge is -2.26. The monoisotopic (exact) mass is 343 g/mol. The first-order valence-electron chi connectivity index (χ1n) is 7.66. The highest BCUT2D eigenvalue weighted by Crippen LogP contribution is 2.22. The molecule has 8 heteroatoms. The lowest BCUT2D eigenvalue weighted by molar-refractivity contribution is -0.385. The van der Waals surface area contributed by atoms with Crippen molar-refractivity contribution in [2.45, 2.75) is 51.1 Å². The molecule has 1 rings (SSSR count). The minimum absolute atomic E-state index is 0.0442. The fourth-order valence-corrected chi connectivity index (χ4v) is 3.89.